The van der Waals surface area contributed by atoms with Crippen molar-refractivity contribution in [2.24, 2.45) is 0 Å². The maximum absolute atomic E-state index is 5.80. The Morgan fingerprint density at radius 1 is 1.16 bits per heavy atom. The van der Waals surface area contributed by atoms with Gasteiger partial charge in [0.1, 0.15) is 0 Å². The van der Waals surface area contributed by atoms with Crippen LogP contribution in [-0.4, -0.2) is 69.3 Å². The number of ether oxygens (including phenoxy) is 2. The highest BCUT2D eigenvalue weighted by Crippen LogP contribution is 2.32. The molecular weight excluding hydrogens is 314 g/mol. The topological polar surface area (TPSA) is 37.0 Å². The Balaban J connectivity index is 1.44. The average Bonchev–Trinajstić information content (AvgIpc) is 2.86. The summed E-state index contributed by atoms with van der Waals surface area (Å²) < 4.78 is 11.5. The molecule has 0 bridgehead atoms. The minimum atomic E-state index is 0.316. The zero-order chi connectivity index (χ0) is 17.6. The third kappa shape index (κ3) is 5.09. The lowest BCUT2D eigenvalue weighted by atomic mass is 10.0. The molecule has 1 fully saturated rings. The number of hydrogen-bond donors (Lipinski definition) is 1. The van der Waals surface area contributed by atoms with E-state index in [1.807, 2.05) is 6.07 Å². The van der Waals surface area contributed by atoms with Crippen LogP contribution in [0.4, 0.5) is 0 Å². The van der Waals surface area contributed by atoms with Crippen molar-refractivity contribution in [1.29, 1.82) is 0 Å². The lowest BCUT2D eigenvalue weighted by Gasteiger charge is -2.35. The van der Waals surface area contributed by atoms with E-state index in [9.17, 15) is 0 Å². The number of nitrogens with zero attached hydrogens (tertiary/aromatic N) is 2. The van der Waals surface area contributed by atoms with Crippen LogP contribution in [0, 0.1) is 0 Å². The van der Waals surface area contributed by atoms with Gasteiger partial charge >= 0.3 is 0 Å². The third-order valence-electron chi connectivity index (χ3n) is 5.44. The van der Waals surface area contributed by atoms with Gasteiger partial charge in [0.25, 0.3) is 0 Å². The average molecular weight is 348 g/mol. The Kier molecular flexibility index (Phi) is 6.57. The van der Waals surface area contributed by atoms with Gasteiger partial charge in [0.2, 0.25) is 0 Å². The second-order valence-corrected chi connectivity index (χ2v) is 7.47. The second kappa shape index (κ2) is 8.88. The quantitative estimate of drug-likeness (QED) is 0.856. The summed E-state index contributed by atoms with van der Waals surface area (Å²) in [7, 11) is 4.39. The van der Waals surface area contributed by atoms with Crippen molar-refractivity contribution in [2.75, 3.05) is 53.5 Å². The van der Waals surface area contributed by atoms with Gasteiger partial charge in [-0.2, -0.15) is 0 Å². The molecule has 25 heavy (non-hydrogen) atoms. The third-order valence-corrected chi connectivity index (χ3v) is 5.44. The highest BCUT2D eigenvalue weighted by Gasteiger charge is 2.20. The predicted octanol–water partition coefficient (Wildman–Crippen LogP) is 2.52. The molecular formula is C20H33N3O2. The Morgan fingerprint density at radius 2 is 1.88 bits per heavy atom. The molecule has 0 amide bonds. The molecule has 1 saturated heterocycles. The van der Waals surface area contributed by atoms with Crippen molar-refractivity contribution in [2.45, 2.75) is 38.3 Å². The monoisotopic (exact) mass is 347 g/mol. The van der Waals surface area contributed by atoms with Gasteiger partial charge in [-0.15, -0.1) is 0 Å². The van der Waals surface area contributed by atoms with E-state index in [1.165, 1.54) is 31.5 Å². The van der Waals surface area contributed by atoms with E-state index in [0.29, 0.717) is 6.04 Å². The molecule has 140 valence electrons. The lowest BCUT2D eigenvalue weighted by molar-refractivity contribution is 0.145. The number of rotatable bonds is 6. The van der Waals surface area contributed by atoms with Crippen LogP contribution >= 0.6 is 0 Å². The van der Waals surface area contributed by atoms with E-state index in [4.69, 9.17) is 9.47 Å². The summed E-state index contributed by atoms with van der Waals surface area (Å²) in [5, 5.41) is 3.65. The molecule has 2 aliphatic heterocycles. The normalized spacial score (nSPS) is 20.5. The van der Waals surface area contributed by atoms with Crippen LogP contribution in [0.3, 0.4) is 0 Å². The molecule has 2 aliphatic rings. The van der Waals surface area contributed by atoms with Crippen LogP contribution in [0.5, 0.6) is 11.5 Å². The van der Waals surface area contributed by atoms with Gasteiger partial charge in [-0.3, -0.25) is 0 Å². The Labute approximate surface area is 152 Å². The molecule has 0 radical (unpaired) electrons. The molecule has 1 atom stereocenters. The number of piperidine rings is 1. The first-order valence-corrected chi connectivity index (χ1v) is 9.65. The maximum atomic E-state index is 5.80. The SMILES string of the molecule is C[C@@H](NCCN1CCC(N(C)C)CC1)c1ccc2c(c1)OCCCO2. The van der Waals surface area contributed by atoms with E-state index >= 15 is 0 Å². The maximum Gasteiger partial charge on any atom is 0.161 e. The smallest absolute Gasteiger partial charge is 0.161 e. The van der Waals surface area contributed by atoms with Gasteiger partial charge in [0, 0.05) is 31.6 Å². The van der Waals surface area contributed by atoms with E-state index < -0.39 is 0 Å². The fourth-order valence-corrected chi connectivity index (χ4v) is 3.67. The summed E-state index contributed by atoms with van der Waals surface area (Å²) in [5.74, 6) is 1.76. The molecule has 5 nitrogen and oxygen atoms in total. The summed E-state index contributed by atoms with van der Waals surface area (Å²) in [6.45, 7) is 8.26. The minimum Gasteiger partial charge on any atom is -0.490 e. The van der Waals surface area contributed by atoms with Crippen LogP contribution in [0.1, 0.15) is 37.8 Å². The fourth-order valence-electron chi connectivity index (χ4n) is 3.67. The van der Waals surface area contributed by atoms with Crippen molar-refractivity contribution in [1.82, 2.24) is 15.1 Å². The van der Waals surface area contributed by atoms with Crippen molar-refractivity contribution in [3.05, 3.63) is 23.8 Å². The van der Waals surface area contributed by atoms with Crippen LogP contribution < -0.4 is 14.8 Å². The predicted molar refractivity (Wildman–Crippen MR) is 102 cm³/mol. The fraction of sp³-hybridized carbons (Fsp3) is 0.700. The lowest BCUT2D eigenvalue weighted by Crippen LogP contribution is -2.44. The number of benzene rings is 1. The Bertz CT molecular complexity index is 542. The molecule has 0 spiro atoms. The molecule has 0 aliphatic carbocycles. The van der Waals surface area contributed by atoms with Crippen molar-refractivity contribution in [3.8, 4) is 11.5 Å². The van der Waals surface area contributed by atoms with E-state index in [0.717, 1.165) is 50.3 Å². The van der Waals surface area contributed by atoms with Crippen LogP contribution in [0.2, 0.25) is 0 Å². The summed E-state index contributed by atoms with van der Waals surface area (Å²) in [5.41, 5.74) is 1.26. The van der Waals surface area contributed by atoms with Gasteiger partial charge in [-0.25, -0.2) is 0 Å². The minimum absolute atomic E-state index is 0.316. The number of nitrogens with one attached hydrogen (secondary N) is 1. The van der Waals surface area contributed by atoms with Gasteiger partial charge < -0.3 is 24.6 Å². The molecule has 0 unspecified atom stereocenters. The largest absolute Gasteiger partial charge is 0.490 e. The van der Waals surface area contributed by atoms with Crippen molar-refractivity contribution < 1.29 is 9.47 Å². The van der Waals surface area contributed by atoms with E-state index in [1.54, 1.807) is 0 Å². The van der Waals surface area contributed by atoms with Gasteiger partial charge in [-0.05, 0) is 64.6 Å². The summed E-state index contributed by atoms with van der Waals surface area (Å²) in [6, 6.07) is 7.39. The van der Waals surface area contributed by atoms with Crippen LogP contribution in [-0.2, 0) is 0 Å². The molecule has 2 heterocycles. The second-order valence-electron chi connectivity index (χ2n) is 7.47. The van der Waals surface area contributed by atoms with Gasteiger partial charge in [-0.1, -0.05) is 6.07 Å². The van der Waals surface area contributed by atoms with Crippen molar-refractivity contribution >= 4 is 0 Å². The number of hydrogen-bond acceptors (Lipinski definition) is 5. The molecule has 3 rings (SSSR count). The molecule has 5 heteroatoms. The molecule has 1 aromatic rings. The van der Waals surface area contributed by atoms with Gasteiger partial charge in [0.15, 0.2) is 11.5 Å². The van der Waals surface area contributed by atoms with E-state index in [-0.39, 0.29) is 0 Å². The Morgan fingerprint density at radius 3 is 2.60 bits per heavy atom. The summed E-state index contributed by atoms with van der Waals surface area (Å²) in [6.07, 6.45) is 3.51. The standard InChI is InChI=1S/C20H33N3O2/c1-16(17-5-6-19-20(15-17)25-14-4-13-24-19)21-9-12-23-10-7-18(8-11-23)22(2)3/h5-6,15-16,18,21H,4,7-14H2,1-3H3/t16-/m1/s1. The highest BCUT2D eigenvalue weighted by atomic mass is 16.5. The first kappa shape index (κ1) is 18.5. The van der Waals surface area contributed by atoms with E-state index in [2.05, 4.69) is 48.3 Å². The zero-order valence-electron chi connectivity index (χ0n) is 16.0. The highest BCUT2D eigenvalue weighted by molar-refractivity contribution is 5.44. The number of fused-ring (bicyclic) bond motifs is 1. The first-order valence-electron chi connectivity index (χ1n) is 9.65. The summed E-state index contributed by atoms with van der Waals surface area (Å²) >= 11 is 0. The molecule has 1 N–H and O–H groups in total. The van der Waals surface area contributed by atoms with Crippen LogP contribution in [0.15, 0.2) is 18.2 Å². The molecule has 0 saturated carbocycles. The first-order chi connectivity index (χ1) is 12.1. The van der Waals surface area contributed by atoms with Crippen molar-refractivity contribution in [3.63, 3.8) is 0 Å². The number of likely N-dealkylation sites (tertiary alicyclic amines) is 1. The van der Waals surface area contributed by atoms with Gasteiger partial charge in [0.05, 0.1) is 13.2 Å². The zero-order valence-corrected chi connectivity index (χ0v) is 16.0. The summed E-state index contributed by atoms with van der Waals surface area (Å²) in [4.78, 5) is 4.94. The molecule has 0 aromatic heterocycles. The Hall–Kier alpha value is -1.30. The molecule has 1 aromatic carbocycles. The van der Waals surface area contributed by atoms with Crippen LogP contribution in [0.25, 0.3) is 0 Å².